The van der Waals surface area contributed by atoms with Crippen LogP contribution in [0.25, 0.3) is 0 Å². The van der Waals surface area contributed by atoms with Gasteiger partial charge in [-0.15, -0.1) is 0 Å². The highest BCUT2D eigenvalue weighted by Gasteiger charge is 2.34. The first-order valence-corrected chi connectivity index (χ1v) is 8.34. The molecule has 0 aliphatic carbocycles. The summed E-state index contributed by atoms with van der Waals surface area (Å²) in [5.41, 5.74) is 1.28. The summed E-state index contributed by atoms with van der Waals surface area (Å²) in [6.45, 7) is 3.43. The van der Waals surface area contributed by atoms with Gasteiger partial charge in [0.1, 0.15) is 5.82 Å². The minimum atomic E-state index is 0.145. The molecular weight excluding hydrogens is 288 g/mol. The van der Waals surface area contributed by atoms with Crippen molar-refractivity contribution in [2.24, 2.45) is 5.92 Å². The Bertz CT molecular complexity index is 681. The zero-order valence-electron chi connectivity index (χ0n) is 13.2. The quantitative estimate of drug-likeness (QED) is 0.934. The van der Waals surface area contributed by atoms with Crippen LogP contribution in [-0.2, 0) is 17.9 Å². The van der Waals surface area contributed by atoms with Crippen LogP contribution in [0, 0.1) is 5.92 Å². The third-order valence-electron chi connectivity index (χ3n) is 4.90. The van der Waals surface area contributed by atoms with Gasteiger partial charge in [0.15, 0.2) is 0 Å². The molecule has 3 aliphatic heterocycles. The lowest BCUT2D eigenvalue weighted by molar-refractivity contribution is -0.126. The molecule has 3 saturated heterocycles. The van der Waals surface area contributed by atoms with E-state index in [-0.39, 0.29) is 11.8 Å². The summed E-state index contributed by atoms with van der Waals surface area (Å²) in [4.78, 5) is 18.9. The van der Waals surface area contributed by atoms with Crippen molar-refractivity contribution in [3.05, 3.63) is 54.1 Å². The van der Waals surface area contributed by atoms with Gasteiger partial charge >= 0.3 is 0 Å². The van der Waals surface area contributed by atoms with Crippen LogP contribution < -0.4 is 5.32 Å². The molecule has 0 saturated carbocycles. The summed E-state index contributed by atoms with van der Waals surface area (Å²) in [7, 11) is 0. The van der Waals surface area contributed by atoms with Crippen LogP contribution in [-0.4, -0.2) is 39.5 Å². The standard InChI is InChI=1S/C18H22N4O/c23-18-15-6-7-16(20-18)12-21(11-15)13-17-19-8-9-22(17)10-14-4-2-1-3-5-14/h1-5,8-9,15-16H,6-7,10-13H2,(H,20,23)/t15-,16+/m1/s1. The number of rotatable bonds is 4. The Morgan fingerprint density at radius 3 is 2.83 bits per heavy atom. The molecule has 0 unspecified atom stereocenters. The van der Waals surface area contributed by atoms with Gasteiger partial charge in [-0.2, -0.15) is 0 Å². The zero-order valence-corrected chi connectivity index (χ0v) is 13.2. The highest BCUT2D eigenvalue weighted by molar-refractivity contribution is 5.80. The fraction of sp³-hybridized carbons (Fsp3) is 0.444. The summed E-state index contributed by atoms with van der Waals surface area (Å²) < 4.78 is 2.21. The van der Waals surface area contributed by atoms with Gasteiger partial charge in [0.05, 0.1) is 12.5 Å². The highest BCUT2D eigenvalue weighted by Crippen LogP contribution is 2.23. The van der Waals surface area contributed by atoms with Crippen molar-refractivity contribution in [3.63, 3.8) is 0 Å². The molecule has 0 spiro atoms. The maximum Gasteiger partial charge on any atom is 0.224 e. The molecule has 2 bridgehead atoms. The van der Waals surface area contributed by atoms with E-state index in [1.807, 2.05) is 18.5 Å². The van der Waals surface area contributed by atoms with E-state index in [4.69, 9.17) is 0 Å². The predicted octanol–water partition coefficient (Wildman–Crippen LogP) is 1.64. The molecule has 1 N–H and O–H groups in total. The first-order chi connectivity index (χ1) is 11.3. The van der Waals surface area contributed by atoms with E-state index in [1.165, 1.54) is 5.56 Å². The largest absolute Gasteiger partial charge is 0.352 e. The van der Waals surface area contributed by atoms with Crippen molar-refractivity contribution in [1.82, 2.24) is 19.8 Å². The molecule has 3 aliphatic rings. The van der Waals surface area contributed by atoms with E-state index in [2.05, 4.69) is 44.0 Å². The Kier molecular flexibility index (Phi) is 3.87. The molecule has 4 heterocycles. The first kappa shape index (κ1) is 14.5. The average molecular weight is 310 g/mol. The average Bonchev–Trinajstić information content (AvgIpc) is 2.80. The molecule has 1 amide bonds. The number of piperidine rings is 1. The number of hydrogen-bond acceptors (Lipinski definition) is 3. The third kappa shape index (κ3) is 3.15. The van der Waals surface area contributed by atoms with Crippen LogP contribution in [0.1, 0.15) is 24.2 Å². The Labute approximate surface area is 136 Å². The number of nitrogens with zero attached hydrogens (tertiary/aromatic N) is 3. The predicted molar refractivity (Wildman–Crippen MR) is 87.7 cm³/mol. The molecule has 23 heavy (non-hydrogen) atoms. The van der Waals surface area contributed by atoms with Crippen molar-refractivity contribution < 1.29 is 4.79 Å². The number of amides is 1. The number of aromatic nitrogens is 2. The van der Waals surface area contributed by atoms with Gasteiger partial charge in [-0.25, -0.2) is 4.98 Å². The van der Waals surface area contributed by atoms with E-state index < -0.39 is 0 Å². The summed E-state index contributed by atoms with van der Waals surface area (Å²) in [6, 6.07) is 10.7. The lowest BCUT2D eigenvalue weighted by atomic mass is 9.96. The molecule has 5 rings (SSSR count). The van der Waals surface area contributed by atoms with Crippen LogP contribution >= 0.6 is 0 Å². The second kappa shape index (κ2) is 6.16. The number of imidazole rings is 1. The van der Waals surface area contributed by atoms with Gasteiger partial charge in [0.25, 0.3) is 0 Å². The smallest absolute Gasteiger partial charge is 0.224 e. The first-order valence-electron chi connectivity index (χ1n) is 8.34. The fourth-order valence-corrected chi connectivity index (χ4v) is 3.68. The molecule has 2 atom stereocenters. The number of fused-ring (bicyclic) bond motifs is 4. The zero-order chi connectivity index (χ0) is 15.6. The molecule has 5 heteroatoms. The van der Waals surface area contributed by atoms with Crippen molar-refractivity contribution >= 4 is 5.91 Å². The summed E-state index contributed by atoms with van der Waals surface area (Å²) >= 11 is 0. The van der Waals surface area contributed by atoms with Gasteiger partial charge in [-0.3, -0.25) is 9.69 Å². The van der Waals surface area contributed by atoms with Crippen LogP contribution in [0.5, 0.6) is 0 Å². The molecule has 3 fully saturated rings. The molecule has 2 aromatic rings. The van der Waals surface area contributed by atoms with E-state index >= 15 is 0 Å². The Morgan fingerprint density at radius 2 is 2.00 bits per heavy atom. The van der Waals surface area contributed by atoms with E-state index in [0.717, 1.165) is 44.8 Å². The highest BCUT2D eigenvalue weighted by atomic mass is 16.2. The van der Waals surface area contributed by atoms with Crippen molar-refractivity contribution in [1.29, 1.82) is 0 Å². The van der Waals surface area contributed by atoms with E-state index in [9.17, 15) is 4.79 Å². The molecule has 5 nitrogen and oxygen atoms in total. The van der Waals surface area contributed by atoms with Gasteiger partial charge < -0.3 is 9.88 Å². The molecule has 120 valence electrons. The summed E-state index contributed by atoms with van der Waals surface area (Å²) in [5.74, 6) is 1.45. The van der Waals surface area contributed by atoms with E-state index in [0.29, 0.717) is 6.04 Å². The normalized spacial score (nSPS) is 24.4. The van der Waals surface area contributed by atoms with Gasteiger partial charge in [-0.1, -0.05) is 30.3 Å². The van der Waals surface area contributed by atoms with E-state index in [1.54, 1.807) is 0 Å². The summed E-state index contributed by atoms with van der Waals surface area (Å²) in [6.07, 6.45) is 6.03. The van der Waals surface area contributed by atoms with Gasteiger partial charge in [-0.05, 0) is 18.4 Å². The monoisotopic (exact) mass is 310 g/mol. The molecule has 0 radical (unpaired) electrons. The minimum Gasteiger partial charge on any atom is -0.352 e. The Balaban J connectivity index is 1.47. The lowest BCUT2D eigenvalue weighted by Crippen LogP contribution is -2.43. The lowest BCUT2D eigenvalue weighted by Gasteiger charge is -2.23. The summed E-state index contributed by atoms with van der Waals surface area (Å²) in [5, 5.41) is 3.13. The van der Waals surface area contributed by atoms with Crippen LogP contribution in [0.2, 0.25) is 0 Å². The van der Waals surface area contributed by atoms with Crippen LogP contribution in [0.3, 0.4) is 0 Å². The molecule has 1 aromatic heterocycles. The number of benzene rings is 1. The van der Waals surface area contributed by atoms with Crippen molar-refractivity contribution in [2.45, 2.75) is 32.0 Å². The Hall–Kier alpha value is -2.14. The number of nitrogens with one attached hydrogen (secondary N) is 1. The minimum absolute atomic E-state index is 0.145. The SMILES string of the molecule is O=C1N[C@H]2CC[C@@H]1CN(Cc1nccn1Cc1ccccc1)C2. The van der Waals surface area contributed by atoms with Crippen molar-refractivity contribution in [3.8, 4) is 0 Å². The molecular formula is C18H22N4O. The third-order valence-corrected chi connectivity index (χ3v) is 4.90. The number of carbonyl (C=O) groups excluding carboxylic acids is 1. The topological polar surface area (TPSA) is 50.2 Å². The van der Waals surface area contributed by atoms with Gasteiger partial charge in [0, 0.05) is 38.1 Å². The molecule has 1 aromatic carbocycles. The maximum atomic E-state index is 12.0. The van der Waals surface area contributed by atoms with Crippen molar-refractivity contribution in [2.75, 3.05) is 13.1 Å². The van der Waals surface area contributed by atoms with Gasteiger partial charge in [0.2, 0.25) is 5.91 Å². The van der Waals surface area contributed by atoms with Crippen LogP contribution in [0.4, 0.5) is 0 Å². The second-order valence-corrected chi connectivity index (χ2v) is 6.63. The number of hydrogen-bond donors (Lipinski definition) is 1. The fourth-order valence-electron chi connectivity index (χ4n) is 3.68. The number of carbonyl (C=O) groups is 1. The maximum absolute atomic E-state index is 12.0. The Morgan fingerprint density at radius 1 is 1.13 bits per heavy atom. The second-order valence-electron chi connectivity index (χ2n) is 6.63. The van der Waals surface area contributed by atoms with Crippen LogP contribution in [0.15, 0.2) is 42.7 Å².